The first kappa shape index (κ1) is 17.6. The molecule has 2 fully saturated rings. The number of piperazine rings is 1. The molecule has 2 aliphatic heterocycles. The third kappa shape index (κ3) is 4.39. The molecule has 2 atom stereocenters. The Kier molecular flexibility index (Phi) is 6.89. The predicted molar refractivity (Wildman–Crippen MR) is 96.3 cm³/mol. The normalized spacial score (nSPS) is 28.6. The summed E-state index contributed by atoms with van der Waals surface area (Å²) in [7, 11) is 0. The molecule has 2 saturated heterocycles. The Morgan fingerprint density at radius 3 is 2.43 bits per heavy atom. The van der Waals surface area contributed by atoms with Crippen LogP contribution in [0.4, 0.5) is 0 Å². The highest BCUT2D eigenvalue weighted by Crippen LogP contribution is 2.35. The third-order valence-corrected chi connectivity index (χ3v) is 6.42. The topological polar surface area (TPSA) is 6.48 Å². The Balaban J connectivity index is 2.01. The van der Waals surface area contributed by atoms with Crippen molar-refractivity contribution in [3.05, 3.63) is 0 Å². The van der Waals surface area contributed by atoms with Crippen LogP contribution < -0.4 is 0 Å². The smallest absolute Gasteiger partial charge is 0.0223 e. The molecule has 0 aromatic rings. The Labute approximate surface area is 138 Å². The highest BCUT2D eigenvalue weighted by Gasteiger charge is 2.37. The van der Waals surface area contributed by atoms with Crippen LogP contribution in [0.2, 0.25) is 0 Å². The third-order valence-electron chi connectivity index (χ3n) is 5.75. The summed E-state index contributed by atoms with van der Waals surface area (Å²) in [4.78, 5) is 5.56. The number of nitrogens with zero attached hydrogens (tertiary/aromatic N) is 2. The summed E-state index contributed by atoms with van der Waals surface area (Å²) in [6.45, 7) is 12.3. The molecule has 0 saturated carbocycles. The molecule has 2 rings (SSSR count). The largest absolute Gasteiger partial charge is 0.298 e. The molecule has 3 heteroatoms. The SMILES string of the molecule is CCCC(CS)(CCC)CN1CC2CCCCN2CC1C. The lowest BCUT2D eigenvalue weighted by Gasteiger charge is -2.50. The van der Waals surface area contributed by atoms with Crippen molar-refractivity contribution in [1.29, 1.82) is 0 Å². The van der Waals surface area contributed by atoms with Gasteiger partial charge >= 0.3 is 0 Å². The molecule has 2 nitrogen and oxygen atoms in total. The Bertz CT molecular complexity index is 302. The summed E-state index contributed by atoms with van der Waals surface area (Å²) in [5.74, 6) is 1.05. The van der Waals surface area contributed by atoms with E-state index in [1.165, 1.54) is 71.1 Å². The minimum Gasteiger partial charge on any atom is -0.298 e. The molecule has 0 aliphatic carbocycles. The van der Waals surface area contributed by atoms with Gasteiger partial charge in [0.25, 0.3) is 0 Å². The number of thiol groups is 1. The summed E-state index contributed by atoms with van der Waals surface area (Å²) in [6.07, 6.45) is 9.51. The van der Waals surface area contributed by atoms with E-state index in [0.29, 0.717) is 11.5 Å². The summed E-state index contributed by atoms with van der Waals surface area (Å²) in [5.41, 5.74) is 0.442. The van der Waals surface area contributed by atoms with E-state index >= 15 is 0 Å². The fourth-order valence-corrected chi connectivity index (χ4v) is 5.03. The molecule has 0 aromatic heterocycles. The van der Waals surface area contributed by atoms with Crippen LogP contribution in [-0.4, -0.2) is 53.8 Å². The molecule has 2 unspecified atom stereocenters. The average Bonchev–Trinajstić information content (AvgIpc) is 2.48. The first-order valence-corrected chi connectivity index (χ1v) is 9.86. The van der Waals surface area contributed by atoms with E-state index in [2.05, 4.69) is 30.6 Å². The molecule has 0 amide bonds. The van der Waals surface area contributed by atoms with Gasteiger partial charge in [-0.25, -0.2) is 0 Å². The van der Waals surface area contributed by atoms with Crippen molar-refractivity contribution in [3.63, 3.8) is 0 Å². The molecule has 0 aromatic carbocycles. The van der Waals surface area contributed by atoms with Gasteiger partial charge in [-0.3, -0.25) is 9.80 Å². The second-order valence-corrected chi connectivity index (χ2v) is 7.90. The molecule has 0 N–H and O–H groups in total. The summed E-state index contributed by atoms with van der Waals surface area (Å²) in [5, 5.41) is 0. The van der Waals surface area contributed by atoms with Crippen molar-refractivity contribution in [1.82, 2.24) is 9.80 Å². The van der Waals surface area contributed by atoms with Crippen LogP contribution in [0.15, 0.2) is 0 Å². The van der Waals surface area contributed by atoms with Crippen molar-refractivity contribution < 1.29 is 0 Å². The Morgan fingerprint density at radius 1 is 1.10 bits per heavy atom. The van der Waals surface area contributed by atoms with Crippen molar-refractivity contribution in [2.45, 2.75) is 77.8 Å². The quantitative estimate of drug-likeness (QED) is 0.708. The van der Waals surface area contributed by atoms with E-state index in [1.807, 2.05) is 0 Å². The van der Waals surface area contributed by atoms with E-state index in [-0.39, 0.29) is 0 Å². The monoisotopic (exact) mass is 312 g/mol. The minimum atomic E-state index is 0.442. The van der Waals surface area contributed by atoms with Gasteiger partial charge in [-0.1, -0.05) is 33.1 Å². The van der Waals surface area contributed by atoms with Gasteiger partial charge in [0.2, 0.25) is 0 Å². The minimum absolute atomic E-state index is 0.442. The van der Waals surface area contributed by atoms with Crippen LogP contribution in [0.5, 0.6) is 0 Å². The van der Waals surface area contributed by atoms with Crippen molar-refractivity contribution >= 4 is 12.6 Å². The van der Waals surface area contributed by atoms with E-state index in [0.717, 1.165) is 11.8 Å². The lowest BCUT2D eigenvalue weighted by atomic mass is 9.79. The molecule has 0 spiro atoms. The standard InChI is InChI=1S/C18H36N2S/c1-4-9-18(15-21,10-5-2)14-20-13-17-8-6-7-11-19(17)12-16(20)3/h16-17,21H,4-15H2,1-3H3. The molecule has 0 bridgehead atoms. The van der Waals surface area contributed by atoms with Crippen LogP contribution >= 0.6 is 12.6 Å². The van der Waals surface area contributed by atoms with Crippen LogP contribution in [0.1, 0.15) is 65.7 Å². The van der Waals surface area contributed by atoms with Gasteiger partial charge in [-0.15, -0.1) is 0 Å². The molecule has 21 heavy (non-hydrogen) atoms. The van der Waals surface area contributed by atoms with Gasteiger partial charge in [0.15, 0.2) is 0 Å². The van der Waals surface area contributed by atoms with Crippen LogP contribution in [0, 0.1) is 5.41 Å². The highest BCUT2D eigenvalue weighted by atomic mass is 32.1. The number of piperidine rings is 1. The number of fused-ring (bicyclic) bond motifs is 1. The van der Waals surface area contributed by atoms with Gasteiger partial charge < -0.3 is 0 Å². The van der Waals surface area contributed by atoms with Gasteiger partial charge in [0.1, 0.15) is 0 Å². The second-order valence-electron chi connectivity index (χ2n) is 7.58. The lowest BCUT2D eigenvalue weighted by molar-refractivity contribution is -0.00671. The first-order valence-electron chi connectivity index (χ1n) is 9.23. The fraction of sp³-hybridized carbons (Fsp3) is 1.00. The summed E-state index contributed by atoms with van der Waals surface area (Å²) >= 11 is 4.75. The summed E-state index contributed by atoms with van der Waals surface area (Å²) < 4.78 is 0. The van der Waals surface area contributed by atoms with Crippen LogP contribution in [0.3, 0.4) is 0 Å². The van der Waals surface area contributed by atoms with Crippen molar-refractivity contribution in [3.8, 4) is 0 Å². The van der Waals surface area contributed by atoms with E-state index in [4.69, 9.17) is 12.6 Å². The molecule has 2 heterocycles. The van der Waals surface area contributed by atoms with E-state index in [1.54, 1.807) is 0 Å². The molecule has 124 valence electrons. The highest BCUT2D eigenvalue weighted by molar-refractivity contribution is 7.80. The number of hydrogen-bond acceptors (Lipinski definition) is 3. The molecular weight excluding hydrogens is 276 g/mol. The molecule has 2 aliphatic rings. The number of rotatable bonds is 7. The number of hydrogen-bond donors (Lipinski definition) is 1. The molecular formula is C18H36N2S. The van der Waals surface area contributed by atoms with E-state index in [9.17, 15) is 0 Å². The maximum absolute atomic E-state index is 4.75. The zero-order chi connectivity index (χ0) is 15.3. The predicted octanol–water partition coefficient (Wildman–Crippen LogP) is 4.06. The van der Waals surface area contributed by atoms with Crippen LogP contribution in [0.25, 0.3) is 0 Å². The second kappa shape index (κ2) is 8.21. The van der Waals surface area contributed by atoms with Crippen LogP contribution in [-0.2, 0) is 0 Å². The maximum atomic E-state index is 4.75. The maximum Gasteiger partial charge on any atom is 0.0223 e. The van der Waals surface area contributed by atoms with Gasteiger partial charge in [-0.2, -0.15) is 12.6 Å². The van der Waals surface area contributed by atoms with Gasteiger partial charge in [0.05, 0.1) is 0 Å². The van der Waals surface area contributed by atoms with Gasteiger partial charge in [0, 0.05) is 31.7 Å². The van der Waals surface area contributed by atoms with Gasteiger partial charge in [-0.05, 0) is 50.3 Å². The summed E-state index contributed by atoms with van der Waals surface area (Å²) in [6, 6.07) is 1.54. The first-order chi connectivity index (χ1) is 10.1. The Hall–Kier alpha value is 0.270. The Morgan fingerprint density at radius 2 is 1.81 bits per heavy atom. The average molecular weight is 313 g/mol. The van der Waals surface area contributed by atoms with Crippen molar-refractivity contribution in [2.75, 3.05) is 31.9 Å². The molecule has 0 radical (unpaired) electrons. The zero-order valence-corrected chi connectivity index (χ0v) is 15.4. The fourth-order valence-electron chi connectivity index (χ4n) is 4.62. The zero-order valence-electron chi connectivity index (χ0n) is 14.5. The van der Waals surface area contributed by atoms with E-state index < -0.39 is 0 Å². The lowest BCUT2D eigenvalue weighted by Crippen LogP contribution is -2.60. The van der Waals surface area contributed by atoms with Crippen molar-refractivity contribution in [2.24, 2.45) is 5.41 Å².